The molecule has 4 nitrogen and oxygen atoms in total. The molecule has 2 rings (SSSR count). The molecule has 0 aromatic heterocycles. The van der Waals surface area contributed by atoms with Gasteiger partial charge in [-0.1, -0.05) is 13.8 Å². The van der Waals surface area contributed by atoms with Gasteiger partial charge in [-0.3, -0.25) is 0 Å². The number of hydrogen-bond donors (Lipinski definition) is 3. The summed E-state index contributed by atoms with van der Waals surface area (Å²) < 4.78 is 5.88. The molecule has 2 aliphatic rings. The lowest BCUT2D eigenvalue weighted by Gasteiger charge is -2.32. The van der Waals surface area contributed by atoms with Crippen molar-refractivity contribution >= 4 is 0 Å². The first-order valence-corrected chi connectivity index (χ1v) is 7.89. The predicted molar refractivity (Wildman–Crippen MR) is 77.2 cm³/mol. The van der Waals surface area contributed by atoms with E-state index in [0.29, 0.717) is 31.2 Å². The third-order valence-electron chi connectivity index (χ3n) is 4.32. The van der Waals surface area contributed by atoms with Crippen molar-refractivity contribution in [2.75, 3.05) is 26.2 Å². The Bertz CT molecular complexity index is 261. The van der Waals surface area contributed by atoms with Crippen LogP contribution in [0.5, 0.6) is 0 Å². The van der Waals surface area contributed by atoms with Crippen molar-refractivity contribution in [1.29, 1.82) is 0 Å². The minimum Gasteiger partial charge on any atom is -0.389 e. The van der Waals surface area contributed by atoms with E-state index >= 15 is 0 Å². The molecule has 112 valence electrons. The second-order valence-corrected chi connectivity index (χ2v) is 6.58. The molecule has 1 saturated carbocycles. The van der Waals surface area contributed by atoms with Gasteiger partial charge in [0.1, 0.15) is 0 Å². The molecule has 1 heterocycles. The van der Waals surface area contributed by atoms with Crippen LogP contribution in [-0.4, -0.2) is 49.6 Å². The van der Waals surface area contributed by atoms with Crippen molar-refractivity contribution in [2.45, 2.75) is 57.8 Å². The fourth-order valence-corrected chi connectivity index (χ4v) is 3.24. The van der Waals surface area contributed by atoms with Crippen LogP contribution in [0.3, 0.4) is 0 Å². The first kappa shape index (κ1) is 15.2. The summed E-state index contributed by atoms with van der Waals surface area (Å²) in [5, 5.41) is 16.7. The number of rotatable bonds is 7. The second kappa shape index (κ2) is 7.58. The van der Waals surface area contributed by atoms with Crippen LogP contribution >= 0.6 is 0 Å². The van der Waals surface area contributed by atoms with Gasteiger partial charge in [-0.05, 0) is 50.6 Å². The summed E-state index contributed by atoms with van der Waals surface area (Å²) in [7, 11) is 0. The standard InChI is InChI=1S/C15H30N2O2/c1-11(2)8-16-9-13(18)10-19-14-4-3-12-5-6-17-15(12)7-14/h11-18H,3-10H2,1-2H3. The van der Waals surface area contributed by atoms with Crippen molar-refractivity contribution in [3.63, 3.8) is 0 Å². The van der Waals surface area contributed by atoms with Gasteiger partial charge >= 0.3 is 0 Å². The van der Waals surface area contributed by atoms with Crippen LogP contribution in [0.2, 0.25) is 0 Å². The molecule has 0 amide bonds. The van der Waals surface area contributed by atoms with Crippen LogP contribution in [0, 0.1) is 11.8 Å². The Morgan fingerprint density at radius 1 is 1.26 bits per heavy atom. The zero-order valence-corrected chi connectivity index (χ0v) is 12.4. The summed E-state index contributed by atoms with van der Waals surface area (Å²) in [5.74, 6) is 1.49. The minimum absolute atomic E-state index is 0.339. The van der Waals surface area contributed by atoms with Crippen LogP contribution in [0.1, 0.15) is 39.5 Å². The highest BCUT2D eigenvalue weighted by atomic mass is 16.5. The second-order valence-electron chi connectivity index (χ2n) is 6.58. The Labute approximate surface area is 117 Å². The maximum atomic E-state index is 9.88. The van der Waals surface area contributed by atoms with Gasteiger partial charge in [-0.25, -0.2) is 0 Å². The van der Waals surface area contributed by atoms with E-state index in [2.05, 4.69) is 24.5 Å². The van der Waals surface area contributed by atoms with Crippen molar-refractivity contribution < 1.29 is 9.84 Å². The summed E-state index contributed by atoms with van der Waals surface area (Å²) in [4.78, 5) is 0. The third kappa shape index (κ3) is 5.03. The topological polar surface area (TPSA) is 53.5 Å². The van der Waals surface area contributed by atoms with Crippen molar-refractivity contribution in [2.24, 2.45) is 11.8 Å². The van der Waals surface area contributed by atoms with Gasteiger partial charge in [0.05, 0.1) is 18.8 Å². The molecule has 1 aliphatic carbocycles. The molecule has 1 aliphatic heterocycles. The molecule has 2 fully saturated rings. The molecule has 0 spiro atoms. The molecule has 0 bridgehead atoms. The molecular formula is C15H30N2O2. The van der Waals surface area contributed by atoms with E-state index < -0.39 is 0 Å². The van der Waals surface area contributed by atoms with E-state index in [9.17, 15) is 5.11 Å². The quantitative estimate of drug-likeness (QED) is 0.649. The average molecular weight is 270 g/mol. The highest BCUT2D eigenvalue weighted by molar-refractivity contribution is 4.90. The van der Waals surface area contributed by atoms with Crippen LogP contribution in [-0.2, 0) is 4.74 Å². The number of aliphatic hydroxyl groups is 1. The molecule has 0 radical (unpaired) electrons. The summed E-state index contributed by atoms with van der Waals surface area (Å²) in [6.07, 6.45) is 4.86. The monoisotopic (exact) mass is 270 g/mol. The zero-order valence-electron chi connectivity index (χ0n) is 12.4. The molecule has 0 aromatic carbocycles. The van der Waals surface area contributed by atoms with Crippen LogP contribution in [0.25, 0.3) is 0 Å². The van der Waals surface area contributed by atoms with Gasteiger partial charge < -0.3 is 20.5 Å². The maximum Gasteiger partial charge on any atom is 0.0897 e. The lowest BCUT2D eigenvalue weighted by atomic mass is 9.84. The Morgan fingerprint density at radius 3 is 2.89 bits per heavy atom. The number of fused-ring (bicyclic) bond motifs is 1. The van der Waals surface area contributed by atoms with E-state index in [-0.39, 0.29) is 6.10 Å². The highest BCUT2D eigenvalue weighted by Gasteiger charge is 2.33. The summed E-state index contributed by atoms with van der Waals surface area (Å²) >= 11 is 0. The molecule has 4 heteroatoms. The van der Waals surface area contributed by atoms with Gasteiger partial charge in [0.25, 0.3) is 0 Å². The van der Waals surface area contributed by atoms with Gasteiger partial charge in [-0.15, -0.1) is 0 Å². The van der Waals surface area contributed by atoms with Gasteiger partial charge in [-0.2, -0.15) is 0 Å². The molecular weight excluding hydrogens is 240 g/mol. The Morgan fingerprint density at radius 2 is 2.11 bits per heavy atom. The van der Waals surface area contributed by atoms with E-state index in [1.807, 2.05) is 0 Å². The van der Waals surface area contributed by atoms with E-state index in [4.69, 9.17) is 4.74 Å². The van der Waals surface area contributed by atoms with Crippen molar-refractivity contribution in [3.05, 3.63) is 0 Å². The van der Waals surface area contributed by atoms with E-state index in [0.717, 1.165) is 25.3 Å². The maximum absolute atomic E-state index is 9.88. The van der Waals surface area contributed by atoms with Crippen LogP contribution in [0.15, 0.2) is 0 Å². The first-order valence-electron chi connectivity index (χ1n) is 7.89. The minimum atomic E-state index is -0.381. The number of nitrogens with one attached hydrogen (secondary N) is 2. The highest BCUT2D eigenvalue weighted by Crippen LogP contribution is 2.32. The first-order chi connectivity index (χ1) is 9.15. The van der Waals surface area contributed by atoms with Crippen molar-refractivity contribution in [3.8, 4) is 0 Å². The van der Waals surface area contributed by atoms with Gasteiger partial charge in [0.2, 0.25) is 0 Å². The number of hydrogen-bond acceptors (Lipinski definition) is 4. The number of aliphatic hydroxyl groups excluding tert-OH is 1. The fourth-order valence-electron chi connectivity index (χ4n) is 3.24. The Hall–Kier alpha value is -0.160. The third-order valence-corrected chi connectivity index (χ3v) is 4.32. The SMILES string of the molecule is CC(C)CNCC(O)COC1CCC2CCNC2C1. The molecule has 19 heavy (non-hydrogen) atoms. The van der Waals surface area contributed by atoms with Crippen molar-refractivity contribution in [1.82, 2.24) is 10.6 Å². The normalized spacial score (nSPS) is 32.5. The van der Waals surface area contributed by atoms with E-state index in [1.54, 1.807) is 0 Å². The van der Waals surface area contributed by atoms with Gasteiger partial charge in [0.15, 0.2) is 0 Å². The van der Waals surface area contributed by atoms with Crippen LogP contribution < -0.4 is 10.6 Å². The smallest absolute Gasteiger partial charge is 0.0897 e. The zero-order chi connectivity index (χ0) is 13.7. The summed E-state index contributed by atoms with van der Waals surface area (Å²) in [5.41, 5.74) is 0. The average Bonchev–Trinajstić information content (AvgIpc) is 2.83. The van der Waals surface area contributed by atoms with Gasteiger partial charge in [0, 0.05) is 12.6 Å². The predicted octanol–water partition coefficient (Wildman–Crippen LogP) is 1.14. The lowest BCUT2D eigenvalue weighted by molar-refractivity contribution is -0.0321. The molecule has 1 saturated heterocycles. The summed E-state index contributed by atoms with van der Waals surface area (Å²) in [6, 6.07) is 0.662. The van der Waals surface area contributed by atoms with Crippen LogP contribution in [0.4, 0.5) is 0 Å². The molecule has 0 aromatic rings. The molecule has 4 atom stereocenters. The largest absolute Gasteiger partial charge is 0.389 e. The lowest BCUT2D eigenvalue weighted by Crippen LogP contribution is -2.39. The Kier molecular flexibility index (Phi) is 6.07. The molecule has 4 unspecified atom stereocenters. The van der Waals surface area contributed by atoms with E-state index in [1.165, 1.54) is 19.4 Å². The molecule has 3 N–H and O–H groups in total. The Balaban J connectivity index is 1.57. The summed E-state index contributed by atoms with van der Waals surface area (Å²) in [6.45, 7) is 7.56. The fraction of sp³-hybridized carbons (Fsp3) is 1.00. The number of ether oxygens (including phenoxy) is 1.